The summed E-state index contributed by atoms with van der Waals surface area (Å²) in [5.74, 6) is 0.0977. The predicted octanol–water partition coefficient (Wildman–Crippen LogP) is 2.46. The molecular weight excluding hydrogens is 212 g/mol. The second-order valence-electron chi connectivity index (χ2n) is 4.82. The third-order valence-electron chi connectivity index (χ3n) is 3.66. The lowest BCUT2D eigenvalue weighted by Gasteiger charge is -2.21. The van der Waals surface area contributed by atoms with E-state index in [2.05, 4.69) is 17.1 Å². The van der Waals surface area contributed by atoms with E-state index in [-0.39, 0.29) is 5.91 Å². The lowest BCUT2D eigenvalue weighted by Crippen LogP contribution is -2.18. The van der Waals surface area contributed by atoms with Crippen LogP contribution in [-0.4, -0.2) is 10.9 Å². The lowest BCUT2D eigenvalue weighted by atomic mass is 9.83. The summed E-state index contributed by atoms with van der Waals surface area (Å²) in [7, 11) is 0. The smallest absolute Gasteiger partial charge is 0.218 e. The number of para-hydroxylation sites is 1. The minimum atomic E-state index is -0.201. The molecule has 1 aromatic heterocycles. The third-order valence-corrected chi connectivity index (χ3v) is 3.66. The summed E-state index contributed by atoms with van der Waals surface area (Å²) in [5, 5.41) is 1.26. The second-order valence-corrected chi connectivity index (χ2v) is 4.82. The Balaban J connectivity index is 2.13. The van der Waals surface area contributed by atoms with Crippen LogP contribution in [0.1, 0.15) is 36.4 Å². The molecule has 0 spiro atoms. The molecule has 0 saturated heterocycles. The Kier molecular flexibility index (Phi) is 2.39. The van der Waals surface area contributed by atoms with Gasteiger partial charge in [-0.3, -0.25) is 4.79 Å². The van der Waals surface area contributed by atoms with E-state index >= 15 is 0 Å². The Hall–Kier alpha value is -1.77. The number of aromatic nitrogens is 1. The van der Waals surface area contributed by atoms with Crippen LogP contribution in [-0.2, 0) is 11.2 Å². The SMILES string of the molecule is NC(=O)CC1CCCc2[nH]c3ccccc3c21. The van der Waals surface area contributed by atoms with Crippen LogP contribution in [0.5, 0.6) is 0 Å². The molecule has 1 atom stereocenters. The number of benzene rings is 1. The van der Waals surface area contributed by atoms with E-state index in [1.165, 1.54) is 22.2 Å². The van der Waals surface area contributed by atoms with E-state index in [0.717, 1.165) is 19.3 Å². The Morgan fingerprint density at radius 2 is 2.24 bits per heavy atom. The van der Waals surface area contributed by atoms with Crippen molar-refractivity contribution >= 4 is 16.8 Å². The molecular formula is C14H16N2O. The van der Waals surface area contributed by atoms with Gasteiger partial charge in [-0.15, -0.1) is 0 Å². The van der Waals surface area contributed by atoms with Crippen molar-refractivity contribution in [3.8, 4) is 0 Å². The molecule has 1 amide bonds. The van der Waals surface area contributed by atoms with Gasteiger partial charge >= 0.3 is 0 Å². The molecule has 0 fully saturated rings. The van der Waals surface area contributed by atoms with Crippen molar-refractivity contribution in [2.24, 2.45) is 5.73 Å². The first-order chi connectivity index (χ1) is 8.25. The average Bonchev–Trinajstić information content (AvgIpc) is 2.67. The fraction of sp³-hybridized carbons (Fsp3) is 0.357. The summed E-state index contributed by atoms with van der Waals surface area (Å²) in [6, 6.07) is 8.30. The van der Waals surface area contributed by atoms with Crippen LogP contribution in [0.2, 0.25) is 0 Å². The highest BCUT2D eigenvalue weighted by Gasteiger charge is 2.25. The number of aromatic amines is 1. The van der Waals surface area contributed by atoms with Crippen LogP contribution in [0.25, 0.3) is 10.9 Å². The number of carbonyl (C=O) groups excluding carboxylic acids is 1. The van der Waals surface area contributed by atoms with Gasteiger partial charge in [0.25, 0.3) is 0 Å². The van der Waals surface area contributed by atoms with Crippen molar-refractivity contribution in [2.45, 2.75) is 31.6 Å². The van der Waals surface area contributed by atoms with Crippen LogP contribution in [0.15, 0.2) is 24.3 Å². The summed E-state index contributed by atoms with van der Waals surface area (Å²) < 4.78 is 0. The number of fused-ring (bicyclic) bond motifs is 3. The van der Waals surface area contributed by atoms with Crippen LogP contribution in [0, 0.1) is 0 Å². The molecule has 17 heavy (non-hydrogen) atoms. The van der Waals surface area contributed by atoms with Gasteiger partial charge in [0, 0.05) is 23.0 Å². The number of amides is 1. The molecule has 3 N–H and O–H groups in total. The highest BCUT2D eigenvalue weighted by Crippen LogP contribution is 2.38. The zero-order valence-electron chi connectivity index (χ0n) is 9.70. The molecule has 1 heterocycles. The van der Waals surface area contributed by atoms with E-state index in [4.69, 9.17) is 5.73 Å². The Morgan fingerprint density at radius 3 is 3.06 bits per heavy atom. The minimum absolute atomic E-state index is 0.201. The van der Waals surface area contributed by atoms with Gasteiger partial charge in [0.1, 0.15) is 0 Å². The van der Waals surface area contributed by atoms with Gasteiger partial charge in [-0.1, -0.05) is 18.2 Å². The molecule has 0 aliphatic heterocycles. The number of rotatable bonds is 2. The first-order valence-electron chi connectivity index (χ1n) is 6.13. The summed E-state index contributed by atoms with van der Waals surface area (Å²) in [6.07, 6.45) is 3.75. The number of nitrogens with one attached hydrogen (secondary N) is 1. The topological polar surface area (TPSA) is 58.9 Å². The van der Waals surface area contributed by atoms with E-state index in [1.54, 1.807) is 0 Å². The average molecular weight is 228 g/mol. The molecule has 88 valence electrons. The number of hydrogen-bond acceptors (Lipinski definition) is 1. The summed E-state index contributed by atoms with van der Waals surface area (Å²) in [5.41, 5.74) is 9.14. The molecule has 0 radical (unpaired) electrons. The van der Waals surface area contributed by atoms with Gasteiger partial charge in [-0.05, 0) is 36.8 Å². The Morgan fingerprint density at radius 1 is 1.41 bits per heavy atom. The fourth-order valence-corrected chi connectivity index (χ4v) is 3.00. The third kappa shape index (κ3) is 1.71. The summed E-state index contributed by atoms with van der Waals surface area (Å²) >= 11 is 0. The fourth-order valence-electron chi connectivity index (χ4n) is 3.00. The van der Waals surface area contributed by atoms with Gasteiger partial charge in [0.15, 0.2) is 0 Å². The number of hydrogen-bond donors (Lipinski definition) is 2. The van der Waals surface area contributed by atoms with Crippen LogP contribution in [0.3, 0.4) is 0 Å². The molecule has 0 bridgehead atoms. The molecule has 1 aliphatic carbocycles. The predicted molar refractivity (Wildman–Crippen MR) is 67.8 cm³/mol. The van der Waals surface area contributed by atoms with Gasteiger partial charge in [-0.25, -0.2) is 0 Å². The molecule has 3 heteroatoms. The zero-order valence-corrected chi connectivity index (χ0v) is 9.70. The Labute approximate surface area is 100 Å². The maximum Gasteiger partial charge on any atom is 0.218 e. The van der Waals surface area contributed by atoms with E-state index in [1.807, 2.05) is 12.1 Å². The number of aryl methyl sites for hydroxylation is 1. The van der Waals surface area contributed by atoms with Crippen molar-refractivity contribution in [1.29, 1.82) is 0 Å². The normalized spacial score (nSPS) is 19.2. The molecule has 0 saturated carbocycles. The maximum atomic E-state index is 11.1. The first kappa shape index (κ1) is 10.4. The summed E-state index contributed by atoms with van der Waals surface area (Å²) in [6.45, 7) is 0. The van der Waals surface area contributed by atoms with Crippen molar-refractivity contribution in [3.05, 3.63) is 35.5 Å². The van der Waals surface area contributed by atoms with Gasteiger partial charge in [0.2, 0.25) is 5.91 Å². The van der Waals surface area contributed by atoms with Crippen molar-refractivity contribution in [2.75, 3.05) is 0 Å². The van der Waals surface area contributed by atoms with Crippen molar-refractivity contribution in [3.63, 3.8) is 0 Å². The zero-order chi connectivity index (χ0) is 11.8. The summed E-state index contributed by atoms with van der Waals surface area (Å²) in [4.78, 5) is 14.6. The van der Waals surface area contributed by atoms with E-state index in [9.17, 15) is 4.79 Å². The number of nitrogens with two attached hydrogens (primary N) is 1. The lowest BCUT2D eigenvalue weighted by molar-refractivity contribution is -0.118. The highest BCUT2D eigenvalue weighted by atomic mass is 16.1. The molecule has 1 aromatic carbocycles. The quantitative estimate of drug-likeness (QED) is 0.815. The standard InChI is InChI=1S/C14H16N2O/c15-13(17)8-9-4-3-7-12-14(9)10-5-1-2-6-11(10)16-12/h1-2,5-6,9,16H,3-4,7-8H2,(H2,15,17). The molecule has 1 aliphatic rings. The number of primary amides is 1. The van der Waals surface area contributed by atoms with Crippen LogP contribution >= 0.6 is 0 Å². The molecule has 1 unspecified atom stereocenters. The largest absolute Gasteiger partial charge is 0.370 e. The number of H-pyrrole nitrogens is 1. The first-order valence-corrected chi connectivity index (χ1v) is 6.13. The molecule has 2 aromatic rings. The minimum Gasteiger partial charge on any atom is -0.370 e. The monoisotopic (exact) mass is 228 g/mol. The van der Waals surface area contributed by atoms with Crippen LogP contribution < -0.4 is 5.73 Å². The maximum absolute atomic E-state index is 11.1. The van der Waals surface area contributed by atoms with Crippen molar-refractivity contribution in [1.82, 2.24) is 4.98 Å². The van der Waals surface area contributed by atoms with E-state index < -0.39 is 0 Å². The Bertz CT molecular complexity index is 571. The van der Waals surface area contributed by atoms with Gasteiger partial charge in [-0.2, -0.15) is 0 Å². The van der Waals surface area contributed by atoms with E-state index in [0.29, 0.717) is 12.3 Å². The van der Waals surface area contributed by atoms with Gasteiger partial charge in [0.05, 0.1) is 0 Å². The molecule has 3 rings (SSSR count). The van der Waals surface area contributed by atoms with Gasteiger partial charge < -0.3 is 10.7 Å². The van der Waals surface area contributed by atoms with Crippen molar-refractivity contribution < 1.29 is 4.79 Å². The second kappa shape index (κ2) is 3.91. The van der Waals surface area contributed by atoms with Crippen LogP contribution in [0.4, 0.5) is 0 Å². The number of carbonyl (C=O) groups is 1. The highest BCUT2D eigenvalue weighted by molar-refractivity contribution is 5.86. The molecule has 3 nitrogen and oxygen atoms in total.